The fourth-order valence-corrected chi connectivity index (χ4v) is 2.16. The van der Waals surface area contributed by atoms with Crippen molar-refractivity contribution in [3.05, 3.63) is 0 Å². The van der Waals surface area contributed by atoms with E-state index >= 15 is 0 Å². The predicted octanol–water partition coefficient (Wildman–Crippen LogP) is 0.831. The van der Waals surface area contributed by atoms with Crippen LogP contribution in [0.5, 0.6) is 0 Å². The molecule has 83 valence electrons. The van der Waals surface area contributed by atoms with Crippen LogP contribution in [-0.4, -0.2) is 41.4 Å². The molecular formula is C8H18NO4Si. The number of alkyl carbamates (subject to hydrolysis) is 1. The third-order valence-corrected chi connectivity index (χ3v) is 3.05. The first-order valence-corrected chi connectivity index (χ1v) is 6.09. The molecule has 0 aliphatic rings. The van der Waals surface area contributed by atoms with E-state index in [4.69, 9.17) is 8.85 Å². The Bertz CT molecular complexity index is 165. The molecule has 0 aliphatic heterocycles. The van der Waals surface area contributed by atoms with Crippen LogP contribution in [0.15, 0.2) is 0 Å². The molecule has 0 rings (SSSR count). The van der Waals surface area contributed by atoms with Crippen LogP contribution in [0.1, 0.15) is 20.8 Å². The third kappa shape index (κ3) is 6.87. The molecule has 0 saturated heterocycles. The molecule has 6 heteroatoms. The molecule has 1 radical (unpaired) electrons. The highest BCUT2D eigenvalue weighted by Crippen LogP contribution is 1.95. The Hall–Kier alpha value is -0.593. The number of hydrogen-bond donors (Lipinski definition) is 1. The minimum Gasteiger partial charge on any atom is -0.453 e. The van der Waals surface area contributed by atoms with E-state index in [1.807, 2.05) is 20.8 Å². The summed E-state index contributed by atoms with van der Waals surface area (Å²) in [5.74, 6) is 0. The van der Waals surface area contributed by atoms with E-state index in [2.05, 4.69) is 10.1 Å². The van der Waals surface area contributed by atoms with Crippen molar-refractivity contribution in [3.63, 3.8) is 0 Å². The average Bonchev–Trinajstić information content (AvgIpc) is 2.13. The summed E-state index contributed by atoms with van der Waals surface area (Å²) >= 11 is 0. The molecule has 0 bridgehead atoms. The lowest BCUT2D eigenvalue weighted by Crippen LogP contribution is -2.40. The second kappa shape index (κ2) is 7.78. The van der Waals surface area contributed by atoms with Gasteiger partial charge in [0.1, 0.15) is 0 Å². The van der Waals surface area contributed by atoms with Gasteiger partial charge in [-0.1, -0.05) is 0 Å². The molecule has 1 amide bonds. The van der Waals surface area contributed by atoms with Crippen molar-refractivity contribution < 1.29 is 18.4 Å². The van der Waals surface area contributed by atoms with Crippen molar-refractivity contribution in [2.75, 3.05) is 19.9 Å². The summed E-state index contributed by atoms with van der Waals surface area (Å²) in [5.41, 5.74) is 0. The standard InChI is InChI=1S/C8H18NO4Si/c1-5-12-14(13-7(2)3)6-9-8(10)11-4/h7H,5-6H2,1-4H3,(H,9,10). The van der Waals surface area contributed by atoms with E-state index in [0.717, 1.165) is 0 Å². The van der Waals surface area contributed by atoms with Gasteiger partial charge in [-0.3, -0.25) is 0 Å². The lowest BCUT2D eigenvalue weighted by atomic mass is 10.5. The number of carbonyl (C=O) groups is 1. The van der Waals surface area contributed by atoms with Crippen LogP contribution >= 0.6 is 0 Å². The Labute approximate surface area is 86.6 Å². The van der Waals surface area contributed by atoms with Gasteiger partial charge in [-0.2, -0.15) is 0 Å². The van der Waals surface area contributed by atoms with Crippen LogP contribution in [0, 0.1) is 0 Å². The minimum atomic E-state index is -1.41. The van der Waals surface area contributed by atoms with E-state index in [9.17, 15) is 4.79 Å². The molecule has 0 fully saturated rings. The molecule has 0 spiro atoms. The van der Waals surface area contributed by atoms with Crippen LogP contribution < -0.4 is 5.32 Å². The van der Waals surface area contributed by atoms with Crippen molar-refractivity contribution in [2.24, 2.45) is 0 Å². The van der Waals surface area contributed by atoms with E-state index in [1.165, 1.54) is 7.11 Å². The maximum Gasteiger partial charge on any atom is 0.406 e. The summed E-state index contributed by atoms with van der Waals surface area (Å²) in [6.45, 7) is 6.35. The maximum absolute atomic E-state index is 10.8. The average molecular weight is 220 g/mol. The lowest BCUT2D eigenvalue weighted by Gasteiger charge is -2.16. The van der Waals surface area contributed by atoms with Crippen LogP contribution in [0.2, 0.25) is 0 Å². The molecule has 1 N–H and O–H groups in total. The van der Waals surface area contributed by atoms with Crippen LogP contribution in [0.4, 0.5) is 4.79 Å². The number of hydrogen-bond acceptors (Lipinski definition) is 4. The molecule has 0 aromatic carbocycles. The number of carbonyl (C=O) groups excluding carboxylic acids is 1. The highest BCUT2D eigenvalue weighted by molar-refractivity contribution is 6.45. The van der Waals surface area contributed by atoms with Crippen molar-refractivity contribution in [1.82, 2.24) is 5.32 Å². The fourth-order valence-electron chi connectivity index (χ4n) is 0.767. The molecular weight excluding hydrogens is 202 g/mol. The zero-order valence-corrected chi connectivity index (χ0v) is 10.1. The molecule has 5 nitrogen and oxygen atoms in total. The monoisotopic (exact) mass is 220 g/mol. The first-order chi connectivity index (χ1) is 6.60. The molecule has 0 saturated carbocycles. The highest BCUT2D eigenvalue weighted by Gasteiger charge is 2.18. The van der Waals surface area contributed by atoms with Gasteiger partial charge >= 0.3 is 15.4 Å². The predicted molar refractivity (Wildman–Crippen MR) is 54.0 cm³/mol. The Morgan fingerprint density at radius 3 is 2.57 bits per heavy atom. The SMILES string of the molecule is CCO[Si](CNC(=O)OC)OC(C)C. The fraction of sp³-hybridized carbons (Fsp3) is 0.875. The summed E-state index contributed by atoms with van der Waals surface area (Å²) in [6, 6.07) is 0. The largest absolute Gasteiger partial charge is 0.453 e. The molecule has 0 aliphatic carbocycles. The smallest absolute Gasteiger partial charge is 0.406 e. The lowest BCUT2D eigenvalue weighted by molar-refractivity contribution is 0.153. The highest BCUT2D eigenvalue weighted by atomic mass is 28.3. The van der Waals surface area contributed by atoms with Crippen molar-refractivity contribution in [2.45, 2.75) is 26.9 Å². The summed E-state index contributed by atoms with van der Waals surface area (Å²) in [5, 5.41) is 2.56. The molecule has 0 heterocycles. The summed E-state index contributed by atoms with van der Waals surface area (Å²) in [6.07, 6.45) is 0.0399. The number of methoxy groups -OCH3 is 1. The Morgan fingerprint density at radius 2 is 2.14 bits per heavy atom. The molecule has 0 atom stereocenters. The topological polar surface area (TPSA) is 56.8 Å². The Morgan fingerprint density at radius 1 is 1.50 bits per heavy atom. The van der Waals surface area contributed by atoms with Gasteiger partial charge in [0.05, 0.1) is 13.3 Å². The second-order valence-electron chi connectivity index (χ2n) is 2.82. The van der Waals surface area contributed by atoms with Gasteiger partial charge in [0, 0.05) is 12.7 Å². The van der Waals surface area contributed by atoms with Crippen LogP contribution in [-0.2, 0) is 13.6 Å². The maximum atomic E-state index is 10.8. The van der Waals surface area contributed by atoms with Gasteiger partial charge in [0.15, 0.2) is 0 Å². The normalized spacial score (nSPS) is 10.7. The zero-order chi connectivity index (χ0) is 11.0. The first-order valence-electron chi connectivity index (χ1n) is 4.57. The molecule has 14 heavy (non-hydrogen) atoms. The van der Waals surface area contributed by atoms with Gasteiger partial charge in [-0.25, -0.2) is 4.79 Å². The molecule has 0 aromatic rings. The van der Waals surface area contributed by atoms with Crippen molar-refractivity contribution in [1.29, 1.82) is 0 Å². The van der Waals surface area contributed by atoms with Crippen LogP contribution in [0.3, 0.4) is 0 Å². The summed E-state index contributed by atoms with van der Waals surface area (Å²) in [7, 11) is -0.0869. The van der Waals surface area contributed by atoms with E-state index in [-0.39, 0.29) is 6.10 Å². The van der Waals surface area contributed by atoms with Gasteiger partial charge in [-0.05, 0) is 20.8 Å². The third-order valence-electron chi connectivity index (χ3n) is 1.23. The number of nitrogens with one attached hydrogen (secondary N) is 1. The number of ether oxygens (including phenoxy) is 1. The number of rotatable bonds is 6. The Balaban J connectivity index is 3.77. The molecule has 0 aromatic heterocycles. The number of amides is 1. The zero-order valence-electron chi connectivity index (χ0n) is 9.12. The molecule has 0 unspecified atom stereocenters. The van der Waals surface area contributed by atoms with Gasteiger partial charge in [-0.15, -0.1) is 0 Å². The van der Waals surface area contributed by atoms with Crippen molar-refractivity contribution in [3.8, 4) is 0 Å². The van der Waals surface area contributed by atoms with Gasteiger partial charge in [0.2, 0.25) is 0 Å². The summed E-state index contributed by atoms with van der Waals surface area (Å²) in [4.78, 5) is 10.8. The quantitative estimate of drug-likeness (QED) is 0.674. The van der Waals surface area contributed by atoms with E-state index in [1.54, 1.807) is 0 Å². The van der Waals surface area contributed by atoms with Gasteiger partial charge in [0.25, 0.3) is 0 Å². The Kier molecular flexibility index (Phi) is 7.45. The van der Waals surface area contributed by atoms with Gasteiger partial charge < -0.3 is 18.9 Å². The minimum absolute atomic E-state index is 0.106. The van der Waals surface area contributed by atoms with E-state index < -0.39 is 15.4 Å². The summed E-state index contributed by atoms with van der Waals surface area (Å²) < 4.78 is 15.3. The van der Waals surface area contributed by atoms with E-state index in [0.29, 0.717) is 12.8 Å². The first kappa shape index (κ1) is 13.4. The second-order valence-corrected chi connectivity index (χ2v) is 4.44. The van der Waals surface area contributed by atoms with Crippen LogP contribution in [0.25, 0.3) is 0 Å². The van der Waals surface area contributed by atoms with Crippen molar-refractivity contribution >= 4 is 15.4 Å².